The molecule has 1 fully saturated rings. The van der Waals surface area contributed by atoms with Gasteiger partial charge in [-0.1, -0.05) is 20.8 Å². The minimum Gasteiger partial charge on any atom is -0.368 e. The summed E-state index contributed by atoms with van der Waals surface area (Å²) >= 11 is 0. The summed E-state index contributed by atoms with van der Waals surface area (Å²) in [5.41, 5.74) is 5.21. The molecule has 0 atom stereocenters. The Kier molecular flexibility index (Phi) is 5.44. The van der Waals surface area contributed by atoms with E-state index >= 15 is 0 Å². The molecule has 0 aromatic heterocycles. The van der Waals surface area contributed by atoms with Crippen LogP contribution in [0.3, 0.4) is 0 Å². The first-order chi connectivity index (χ1) is 8.40. The number of rotatable bonds is 4. The fourth-order valence-corrected chi connectivity index (χ4v) is 2.24. The molecular formula is C13H25N3O2. The van der Waals surface area contributed by atoms with Crippen LogP contribution in [-0.4, -0.2) is 47.9 Å². The third-order valence-corrected chi connectivity index (χ3v) is 3.26. The molecule has 1 saturated heterocycles. The van der Waals surface area contributed by atoms with Crippen LogP contribution >= 0.6 is 0 Å². The average molecular weight is 255 g/mol. The van der Waals surface area contributed by atoms with Crippen LogP contribution in [0.25, 0.3) is 0 Å². The molecule has 0 bridgehead atoms. The minimum absolute atomic E-state index is 0.0169. The van der Waals surface area contributed by atoms with Crippen LogP contribution in [0.1, 0.15) is 33.6 Å². The van der Waals surface area contributed by atoms with Gasteiger partial charge < -0.3 is 15.5 Å². The monoisotopic (exact) mass is 255 g/mol. The normalized spacial score (nSPS) is 17.0. The fourth-order valence-electron chi connectivity index (χ4n) is 2.24. The minimum atomic E-state index is -0.450. The van der Waals surface area contributed by atoms with Crippen LogP contribution in [0.15, 0.2) is 0 Å². The number of likely N-dealkylation sites (tertiary alicyclic amines) is 1. The molecule has 1 heterocycles. The summed E-state index contributed by atoms with van der Waals surface area (Å²) in [5.74, 6) is 0.565. The smallest absolute Gasteiger partial charge is 0.320 e. The van der Waals surface area contributed by atoms with Gasteiger partial charge in [0, 0.05) is 19.6 Å². The standard InChI is InChI=1S/C13H25N3O2/c1-10(2)8-16(9-12(14)17)13(18)15-6-4-11(3)5-7-15/h10-11H,4-9H2,1-3H3,(H2,14,17). The van der Waals surface area contributed by atoms with E-state index in [0.717, 1.165) is 25.9 Å². The van der Waals surface area contributed by atoms with Gasteiger partial charge in [0.25, 0.3) is 0 Å². The van der Waals surface area contributed by atoms with Crippen molar-refractivity contribution in [1.82, 2.24) is 9.80 Å². The van der Waals surface area contributed by atoms with Crippen molar-refractivity contribution in [1.29, 1.82) is 0 Å². The molecule has 0 unspecified atom stereocenters. The van der Waals surface area contributed by atoms with E-state index in [2.05, 4.69) is 6.92 Å². The zero-order chi connectivity index (χ0) is 13.7. The molecule has 0 aliphatic carbocycles. The third kappa shape index (κ3) is 4.55. The number of hydrogen-bond acceptors (Lipinski definition) is 2. The van der Waals surface area contributed by atoms with Crippen LogP contribution in [0.2, 0.25) is 0 Å². The maximum atomic E-state index is 12.3. The summed E-state index contributed by atoms with van der Waals surface area (Å²) in [5, 5.41) is 0. The van der Waals surface area contributed by atoms with Crippen molar-refractivity contribution in [2.75, 3.05) is 26.2 Å². The Morgan fingerprint density at radius 3 is 2.33 bits per heavy atom. The van der Waals surface area contributed by atoms with Crippen LogP contribution in [-0.2, 0) is 4.79 Å². The fraction of sp³-hybridized carbons (Fsp3) is 0.846. The number of primary amides is 1. The van der Waals surface area contributed by atoms with Gasteiger partial charge in [-0.3, -0.25) is 4.79 Å². The molecule has 104 valence electrons. The van der Waals surface area contributed by atoms with Gasteiger partial charge >= 0.3 is 6.03 Å². The molecule has 5 heteroatoms. The number of piperidine rings is 1. The lowest BCUT2D eigenvalue weighted by molar-refractivity contribution is -0.118. The van der Waals surface area contributed by atoms with E-state index in [1.54, 1.807) is 4.90 Å². The van der Waals surface area contributed by atoms with Crippen LogP contribution < -0.4 is 5.73 Å². The van der Waals surface area contributed by atoms with E-state index in [9.17, 15) is 9.59 Å². The Labute approximate surface area is 109 Å². The van der Waals surface area contributed by atoms with Crippen molar-refractivity contribution in [2.45, 2.75) is 33.6 Å². The van der Waals surface area contributed by atoms with Crippen molar-refractivity contribution in [3.63, 3.8) is 0 Å². The Balaban J connectivity index is 2.60. The molecule has 1 aliphatic rings. The van der Waals surface area contributed by atoms with E-state index in [1.807, 2.05) is 18.7 Å². The topological polar surface area (TPSA) is 66.6 Å². The van der Waals surface area contributed by atoms with Crippen molar-refractivity contribution in [3.8, 4) is 0 Å². The van der Waals surface area contributed by atoms with E-state index in [1.165, 1.54) is 0 Å². The van der Waals surface area contributed by atoms with Crippen LogP contribution in [0.5, 0.6) is 0 Å². The van der Waals surface area contributed by atoms with Gasteiger partial charge in [-0.15, -0.1) is 0 Å². The second kappa shape index (κ2) is 6.61. The first-order valence-corrected chi connectivity index (χ1v) is 6.72. The lowest BCUT2D eigenvalue weighted by Crippen LogP contribution is -2.50. The second-order valence-corrected chi connectivity index (χ2v) is 5.69. The van der Waals surface area contributed by atoms with Crippen LogP contribution in [0, 0.1) is 11.8 Å². The number of carbonyl (C=O) groups is 2. The zero-order valence-corrected chi connectivity index (χ0v) is 11.7. The molecule has 18 heavy (non-hydrogen) atoms. The van der Waals surface area contributed by atoms with Gasteiger partial charge in [0.15, 0.2) is 0 Å². The first-order valence-electron chi connectivity index (χ1n) is 6.72. The van der Waals surface area contributed by atoms with Gasteiger partial charge in [-0.2, -0.15) is 0 Å². The largest absolute Gasteiger partial charge is 0.368 e. The predicted molar refractivity (Wildman–Crippen MR) is 71.0 cm³/mol. The number of nitrogens with two attached hydrogens (primary N) is 1. The SMILES string of the molecule is CC(C)CN(CC(N)=O)C(=O)N1CCC(C)CC1. The summed E-state index contributed by atoms with van der Waals surface area (Å²) in [6.07, 6.45) is 2.08. The third-order valence-electron chi connectivity index (χ3n) is 3.26. The summed E-state index contributed by atoms with van der Waals surface area (Å²) in [6.45, 7) is 8.42. The van der Waals surface area contributed by atoms with Gasteiger partial charge in [0.2, 0.25) is 5.91 Å². The maximum absolute atomic E-state index is 12.3. The Morgan fingerprint density at radius 1 is 1.33 bits per heavy atom. The van der Waals surface area contributed by atoms with Crippen molar-refractivity contribution in [2.24, 2.45) is 17.6 Å². The second-order valence-electron chi connectivity index (χ2n) is 5.69. The van der Waals surface area contributed by atoms with Gasteiger partial charge in [0.05, 0.1) is 0 Å². The number of urea groups is 1. The van der Waals surface area contributed by atoms with Crippen molar-refractivity contribution in [3.05, 3.63) is 0 Å². The molecule has 0 saturated carbocycles. The molecule has 2 N–H and O–H groups in total. The number of amides is 3. The summed E-state index contributed by atoms with van der Waals surface area (Å²) < 4.78 is 0. The van der Waals surface area contributed by atoms with E-state index in [4.69, 9.17) is 5.73 Å². The van der Waals surface area contributed by atoms with Gasteiger partial charge in [-0.25, -0.2) is 4.79 Å². The average Bonchev–Trinajstić information content (AvgIpc) is 2.27. The van der Waals surface area contributed by atoms with Crippen LogP contribution in [0.4, 0.5) is 4.79 Å². The predicted octanol–water partition coefficient (Wildman–Crippen LogP) is 1.28. The zero-order valence-electron chi connectivity index (χ0n) is 11.7. The number of hydrogen-bond donors (Lipinski definition) is 1. The quantitative estimate of drug-likeness (QED) is 0.822. The maximum Gasteiger partial charge on any atom is 0.320 e. The molecule has 5 nitrogen and oxygen atoms in total. The molecule has 1 aliphatic heterocycles. The highest BCUT2D eigenvalue weighted by Crippen LogP contribution is 2.17. The Hall–Kier alpha value is -1.26. The molecule has 0 radical (unpaired) electrons. The highest BCUT2D eigenvalue weighted by atomic mass is 16.2. The Bertz CT molecular complexity index is 297. The van der Waals surface area contributed by atoms with E-state index in [-0.39, 0.29) is 12.6 Å². The highest BCUT2D eigenvalue weighted by Gasteiger charge is 2.25. The summed E-state index contributed by atoms with van der Waals surface area (Å²) in [4.78, 5) is 26.8. The lowest BCUT2D eigenvalue weighted by Gasteiger charge is -2.35. The molecular weight excluding hydrogens is 230 g/mol. The van der Waals surface area contributed by atoms with Crippen molar-refractivity contribution >= 4 is 11.9 Å². The van der Waals surface area contributed by atoms with Gasteiger partial charge in [-0.05, 0) is 24.7 Å². The molecule has 0 aromatic carbocycles. The highest BCUT2D eigenvalue weighted by molar-refractivity contribution is 5.83. The Morgan fingerprint density at radius 2 is 1.89 bits per heavy atom. The van der Waals surface area contributed by atoms with Crippen molar-refractivity contribution < 1.29 is 9.59 Å². The molecule has 0 spiro atoms. The van der Waals surface area contributed by atoms with Gasteiger partial charge in [0.1, 0.15) is 6.54 Å². The number of nitrogens with zero attached hydrogens (tertiary/aromatic N) is 2. The lowest BCUT2D eigenvalue weighted by atomic mass is 9.99. The summed E-state index contributed by atoms with van der Waals surface area (Å²) in [6, 6.07) is -0.0469. The van der Waals surface area contributed by atoms with E-state index in [0.29, 0.717) is 18.4 Å². The molecule has 1 rings (SSSR count). The number of carbonyl (C=O) groups excluding carboxylic acids is 2. The molecule has 0 aromatic rings. The summed E-state index contributed by atoms with van der Waals surface area (Å²) in [7, 11) is 0. The first kappa shape index (κ1) is 14.8. The molecule has 3 amide bonds. The van der Waals surface area contributed by atoms with E-state index < -0.39 is 5.91 Å².